The van der Waals surface area contributed by atoms with Crippen LogP contribution in [0.1, 0.15) is 30.1 Å². The zero-order valence-electron chi connectivity index (χ0n) is 17.5. The summed E-state index contributed by atoms with van der Waals surface area (Å²) in [7, 11) is 1.51. The maximum atomic E-state index is 12.3. The van der Waals surface area contributed by atoms with Gasteiger partial charge in [0.15, 0.2) is 6.61 Å². The molecule has 1 amide bonds. The van der Waals surface area contributed by atoms with Crippen molar-refractivity contribution in [2.75, 3.05) is 37.0 Å². The molecule has 0 saturated carbocycles. The Morgan fingerprint density at radius 2 is 1.94 bits per heavy atom. The van der Waals surface area contributed by atoms with Crippen LogP contribution < -0.4 is 15.0 Å². The lowest BCUT2D eigenvalue weighted by atomic mass is 9.98. The Morgan fingerprint density at radius 1 is 1.19 bits per heavy atom. The molecule has 0 bridgehead atoms. The number of nitrogens with zero attached hydrogens (tertiary/aromatic N) is 2. The maximum Gasteiger partial charge on any atom is 0.338 e. The summed E-state index contributed by atoms with van der Waals surface area (Å²) in [5.41, 5.74) is 0.861. The third kappa shape index (κ3) is 5.71. The van der Waals surface area contributed by atoms with Crippen LogP contribution in [-0.2, 0) is 9.53 Å². The molecule has 2 aromatic carbocycles. The van der Waals surface area contributed by atoms with Gasteiger partial charge in [-0.1, -0.05) is 13.0 Å². The van der Waals surface area contributed by atoms with Gasteiger partial charge in [-0.2, -0.15) is 0 Å². The molecule has 1 N–H and O–H groups in total. The van der Waals surface area contributed by atoms with Crippen LogP contribution in [0.5, 0.6) is 5.75 Å². The monoisotopic (exact) mass is 427 g/mol. The van der Waals surface area contributed by atoms with Gasteiger partial charge >= 0.3 is 5.97 Å². The van der Waals surface area contributed by atoms with Crippen molar-refractivity contribution in [2.45, 2.75) is 19.8 Å². The van der Waals surface area contributed by atoms with E-state index in [-0.39, 0.29) is 11.3 Å². The van der Waals surface area contributed by atoms with Gasteiger partial charge in [0.1, 0.15) is 11.4 Å². The topological polar surface area (TPSA) is 111 Å². The number of amides is 1. The molecular formula is C22H25N3O6. The van der Waals surface area contributed by atoms with E-state index in [1.54, 1.807) is 30.3 Å². The summed E-state index contributed by atoms with van der Waals surface area (Å²) in [6, 6.07) is 11.0. The highest BCUT2D eigenvalue weighted by molar-refractivity contribution is 5.96. The SMILES string of the molecule is COc1cccc(NC(=O)COC(=O)c2ccc(N3CCC(C)CC3)c([N+](=O)[O-])c2)c1. The summed E-state index contributed by atoms with van der Waals surface area (Å²) in [4.78, 5) is 37.5. The van der Waals surface area contributed by atoms with E-state index in [2.05, 4.69) is 12.2 Å². The summed E-state index contributed by atoms with van der Waals surface area (Å²) in [6.45, 7) is 3.11. The Hall–Kier alpha value is -3.62. The molecule has 0 aromatic heterocycles. The minimum atomic E-state index is -0.803. The van der Waals surface area contributed by atoms with Crippen molar-refractivity contribution in [1.82, 2.24) is 0 Å². The largest absolute Gasteiger partial charge is 0.497 e. The molecule has 0 aliphatic carbocycles. The molecule has 9 heteroatoms. The molecule has 1 aliphatic rings. The van der Waals surface area contributed by atoms with Crippen molar-refractivity contribution < 1.29 is 24.0 Å². The van der Waals surface area contributed by atoms with Gasteiger partial charge < -0.3 is 19.7 Å². The van der Waals surface area contributed by atoms with Crippen LogP contribution >= 0.6 is 0 Å². The van der Waals surface area contributed by atoms with Crippen LogP contribution in [-0.4, -0.2) is 43.6 Å². The van der Waals surface area contributed by atoms with Crippen molar-refractivity contribution in [3.8, 4) is 5.75 Å². The lowest BCUT2D eigenvalue weighted by Gasteiger charge is -2.31. The number of anilines is 2. The summed E-state index contributed by atoms with van der Waals surface area (Å²) >= 11 is 0. The summed E-state index contributed by atoms with van der Waals surface area (Å²) in [6.07, 6.45) is 1.92. The van der Waals surface area contributed by atoms with Crippen LogP contribution in [0.4, 0.5) is 17.1 Å². The van der Waals surface area contributed by atoms with Gasteiger partial charge in [0, 0.05) is 30.9 Å². The molecular weight excluding hydrogens is 402 g/mol. The summed E-state index contributed by atoms with van der Waals surface area (Å²) < 4.78 is 10.1. The molecule has 9 nitrogen and oxygen atoms in total. The van der Waals surface area contributed by atoms with E-state index in [0.717, 1.165) is 25.9 Å². The standard InChI is InChI=1S/C22H25N3O6/c1-15-8-10-24(11-9-15)19-7-6-16(12-20(19)25(28)29)22(27)31-14-21(26)23-17-4-3-5-18(13-17)30-2/h3-7,12-13,15H,8-11,14H2,1-2H3,(H,23,26). The van der Waals surface area contributed by atoms with E-state index in [0.29, 0.717) is 23.0 Å². The first-order valence-electron chi connectivity index (χ1n) is 10.0. The lowest BCUT2D eigenvalue weighted by molar-refractivity contribution is -0.384. The number of benzene rings is 2. The number of hydrogen-bond acceptors (Lipinski definition) is 7. The third-order valence-corrected chi connectivity index (χ3v) is 5.22. The average molecular weight is 427 g/mol. The van der Waals surface area contributed by atoms with E-state index in [1.807, 2.05) is 4.90 Å². The van der Waals surface area contributed by atoms with E-state index >= 15 is 0 Å². The average Bonchev–Trinajstić information content (AvgIpc) is 2.77. The Kier molecular flexibility index (Phi) is 7.07. The fourth-order valence-corrected chi connectivity index (χ4v) is 3.43. The van der Waals surface area contributed by atoms with Gasteiger partial charge in [-0.3, -0.25) is 14.9 Å². The number of rotatable bonds is 7. The van der Waals surface area contributed by atoms with E-state index < -0.39 is 23.4 Å². The predicted molar refractivity (Wildman–Crippen MR) is 116 cm³/mol. The smallest absolute Gasteiger partial charge is 0.338 e. The van der Waals surface area contributed by atoms with Crippen molar-refractivity contribution in [3.05, 3.63) is 58.1 Å². The molecule has 0 atom stereocenters. The summed E-state index contributed by atoms with van der Waals surface area (Å²) in [5.74, 6) is -0.170. The normalized spacial score (nSPS) is 14.1. The molecule has 164 valence electrons. The van der Waals surface area contributed by atoms with Crippen molar-refractivity contribution in [2.24, 2.45) is 5.92 Å². The Labute approximate surface area is 180 Å². The van der Waals surface area contributed by atoms with Crippen LogP contribution in [0.15, 0.2) is 42.5 Å². The molecule has 31 heavy (non-hydrogen) atoms. The van der Waals surface area contributed by atoms with Gasteiger partial charge in [-0.15, -0.1) is 0 Å². The number of nitro groups is 1. The quantitative estimate of drug-likeness (QED) is 0.408. The van der Waals surface area contributed by atoms with Crippen LogP contribution in [0.25, 0.3) is 0 Å². The first kappa shape index (κ1) is 22.1. The maximum absolute atomic E-state index is 12.3. The fourth-order valence-electron chi connectivity index (χ4n) is 3.43. The second-order valence-corrected chi connectivity index (χ2v) is 7.49. The third-order valence-electron chi connectivity index (χ3n) is 5.22. The number of nitro benzene ring substituents is 1. The summed E-state index contributed by atoms with van der Waals surface area (Å²) in [5, 5.41) is 14.2. The first-order chi connectivity index (χ1) is 14.9. The zero-order valence-corrected chi connectivity index (χ0v) is 17.5. The minimum Gasteiger partial charge on any atom is -0.497 e. The van der Waals surface area contributed by atoms with E-state index in [4.69, 9.17) is 9.47 Å². The molecule has 3 rings (SSSR count). The number of carbonyl (C=O) groups is 2. The number of esters is 1. The zero-order chi connectivity index (χ0) is 22.4. The van der Waals surface area contributed by atoms with Gasteiger partial charge in [-0.25, -0.2) is 4.79 Å². The number of nitrogens with one attached hydrogen (secondary N) is 1. The highest BCUT2D eigenvalue weighted by Gasteiger charge is 2.25. The van der Waals surface area contributed by atoms with Crippen LogP contribution in [0.2, 0.25) is 0 Å². The second kappa shape index (κ2) is 9.92. The van der Waals surface area contributed by atoms with E-state index in [1.165, 1.54) is 19.2 Å². The second-order valence-electron chi connectivity index (χ2n) is 7.49. The molecule has 0 spiro atoms. The molecule has 1 heterocycles. The Morgan fingerprint density at radius 3 is 2.61 bits per heavy atom. The molecule has 2 aromatic rings. The predicted octanol–water partition coefficient (Wildman–Crippen LogP) is 3.64. The Balaban J connectivity index is 1.63. The van der Waals surface area contributed by atoms with Gasteiger partial charge in [0.2, 0.25) is 0 Å². The highest BCUT2D eigenvalue weighted by Crippen LogP contribution is 2.32. The van der Waals surface area contributed by atoms with Crippen molar-refractivity contribution in [1.29, 1.82) is 0 Å². The number of piperidine rings is 1. The number of ether oxygens (including phenoxy) is 2. The molecule has 1 aliphatic heterocycles. The van der Waals surface area contributed by atoms with Gasteiger partial charge in [0.05, 0.1) is 17.6 Å². The van der Waals surface area contributed by atoms with Crippen molar-refractivity contribution in [3.63, 3.8) is 0 Å². The molecule has 0 unspecified atom stereocenters. The lowest BCUT2D eigenvalue weighted by Crippen LogP contribution is -2.33. The molecule has 1 saturated heterocycles. The fraction of sp³-hybridized carbons (Fsp3) is 0.364. The minimum absolute atomic E-state index is 0.0232. The van der Waals surface area contributed by atoms with E-state index in [9.17, 15) is 19.7 Å². The Bertz CT molecular complexity index is 969. The van der Waals surface area contributed by atoms with Crippen LogP contribution in [0, 0.1) is 16.0 Å². The molecule has 0 radical (unpaired) electrons. The molecule has 1 fully saturated rings. The first-order valence-corrected chi connectivity index (χ1v) is 10.0. The van der Waals surface area contributed by atoms with Crippen LogP contribution in [0.3, 0.4) is 0 Å². The number of hydrogen-bond donors (Lipinski definition) is 1. The highest BCUT2D eigenvalue weighted by atomic mass is 16.6. The van der Waals surface area contributed by atoms with Crippen molar-refractivity contribution >= 4 is 28.9 Å². The number of methoxy groups -OCH3 is 1. The van der Waals surface area contributed by atoms with Gasteiger partial charge in [-0.05, 0) is 43.0 Å². The van der Waals surface area contributed by atoms with Gasteiger partial charge in [0.25, 0.3) is 11.6 Å². The number of carbonyl (C=O) groups excluding carboxylic acids is 2.